The second kappa shape index (κ2) is 7.24. The minimum absolute atomic E-state index is 0.00912. The zero-order valence-corrected chi connectivity index (χ0v) is 10.9. The van der Waals surface area contributed by atoms with Crippen LogP contribution in [0.3, 0.4) is 0 Å². The minimum atomic E-state index is -0.00912. The summed E-state index contributed by atoms with van der Waals surface area (Å²) in [7, 11) is 0. The van der Waals surface area contributed by atoms with Gasteiger partial charge in [0.05, 0.1) is 19.2 Å². The normalized spacial score (nSPS) is 12.9. The Morgan fingerprint density at radius 1 is 1.31 bits per heavy atom. The summed E-state index contributed by atoms with van der Waals surface area (Å²) in [6.45, 7) is 10.7. The van der Waals surface area contributed by atoms with Crippen molar-refractivity contribution in [3.8, 4) is 6.07 Å². The molecule has 0 aliphatic rings. The number of nitrogens with one attached hydrogen (secondary N) is 1. The summed E-state index contributed by atoms with van der Waals surface area (Å²) in [5, 5.41) is 11.6. The molecule has 4 heteroatoms. The highest BCUT2D eigenvalue weighted by atomic mass is 16.2. The smallest absolute Gasteiger partial charge is 0.234 e. The molecule has 92 valence electrons. The molecule has 0 aromatic rings. The Morgan fingerprint density at radius 3 is 2.25 bits per heavy atom. The van der Waals surface area contributed by atoms with Crippen molar-refractivity contribution in [2.45, 2.75) is 46.7 Å². The van der Waals surface area contributed by atoms with Gasteiger partial charge in [-0.25, -0.2) is 0 Å². The van der Waals surface area contributed by atoms with Crippen LogP contribution in [0.4, 0.5) is 0 Å². The summed E-state index contributed by atoms with van der Waals surface area (Å²) in [4.78, 5) is 13.5. The Morgan fingerprint density at radius 2 is 1.88 bits per heavy atom. The van der Waals surface area contributed by atoms with Crippen LogP contribution in [0.15, 0.2) is 0 Å². The lowest BCUT2D eigenvalue weighted by atomic mass is 10.1. The molecule has 16 heavy (non-hydrogen) atoms. The lowest BCUT2D eigenvalue weighted by molar-refractivity contribution is -0.123. The molecule has 0 heterocycles. The molecule has 1 N–H and O–H groups in total. The van der Waals surface area contributed by atoms with Gasteiger partial charge >= 0.3 is 0 Å². The molecule has 0 aliphatic carbocycles. The maximum atomic E-state index is 11.7. The molecule has 1 atom stereocenters. The molecule has 0 spiro atoms. The van der Waals surface area contributed by atoms with Crippen LogP contribution in [0.5, 0.6) is 0 Å². The first-order valence-electron chi connectivity index (χ1n) is 5.78. The van der Waals surface area contributed by atoms with E-state index in [0.29, 0.717) is 19.0 Å². The van der Waals surface area contributed by atoms with Crippen LogP contribution in [-0.4, -0.2) is 36.0 Å². The number of hydrogen-bond acceptors (Lipinski definition) is 3. The highest BCUT2D eigenvalue weighted by molar-refractivity contribution is 5.78. The fourth-order valence-corrected chi connectivity index (χ4v) is 1.16. The summed E-state index contributed by atoms with van der Waals surface area (Å²) in [6, 6.07) is 2.45. The molecule has 0 bridgehead atoms. The Bertz CT molecular complexity index is 255. The van der Waals surface area contributed by atoms with Gasteiger partial charge < -0.3 is 5.32 Å². The van der Waals surface area contributed by atoms with Crippen LogP contribution < -0.4 is 5.32 Å². The second-order valence-corrected chi connectivity index (χ2v) is 4.76. The van der Waals surface area contributed by atoms with Crippen molar-refractivity contribution in [2.75, 3.05) is 13.1 Å². The fraction of sp³-hybridized carbons (Fsp3) is 0.833. The van der Waals surface area contributed by atoms with E-state index in [4.69, 9.17) is 5.26 Å². The van der Waals surface area contributed by atoms with Gasteiger partial charge in [0.2, 0.25) is 5.91 Å². The van der Waals surface area contributed by atoms with Gasteiger partial charge in [0.15, 0.2) is 0 Å². The van der Waals surface area contributed by atoms with Crippen LogP contribution in [-0.2, 0) is 4.79 Å². The van der Waals surface area contributed by atoms with E-state index >= 15 is 0 Å². The first-order valence-corrected chi connectivity index (χ1v) is 5.78. The number of carbonyl (C=O) groups excluding carboxylic acids is 1. The maximum Gasteiger partial charge on any atom is 0.234 e. The molecule has 1 amide bonds. The van der Waals surface area contributed by atoms with Crippen LogP contribution in [0.1, 0.15) is 34.6 Å². The highest BCUT2D eigenvalue weighted by Gasteiger charge is 2.16. The quantitative estimate of drug-likeness (QED) is 0.695. The van der Waals surface area contributed by atoms with Crippen molar-refractivity contribution in [1.82, 2.24) is 10.2 Å². The molecule has 1 unspecified atom stereocenters. The molecule has 0 saturated heterocycles. The highest BCUT2D eigenvalue weighted by Crippen LogP contribution is 2.01. The first-order chi connectivity index (χ1) is 7.38. The zero-order valence-electron chi connectivity index (χ0n) is 10.9. The Labute approximate surface area is 98.6 Å². The summed E-state index contributed by atoms with van der Waals surface area (Å²) < 4.78 is 0. The minimum Gasteiger partial charge on any atom is -0.352 e. The number of amides is 1. The van der Waals surface area contributed by atoms with Gasteiger partial charge in [-0.2, -0.15) is 5.26 Å². The van der Waals surface area contributed by atoms with E-state index < -0.39 is 0 Å². The lowest BCUT2D eigenvalue weighted by Gasteiger charge is -2.24. The summed E-state index contributed by atoms with van der Waals surface area (Å²) in [5.41, 5.74) is 0. The standard InChI is InChI=1S/C12H23N3O/c1-9(2)11(5)14-12(16)8-15(7-6-13)10(3)4/h9-11H,7-8H2,1-5H3,(H,14,16). The first kappa shape index (κ1) is 14.9. The zero-order chi connectivity index (χ0) is 12.7. The van der Waals surface area contributed by atoms with Gasteiger partial charge in [0.25, 0.3) is 0 Å². The molecule has 0 aromatic carbocycles. The predicted molar refractivity (Wildman–Crippen MR) is 64.8 cm³/mol. The monoisotopic (exact) mass is 225 g/mol. The average Bonchev–Trinajstić information content (AvgIpc) is 2.16. The molecular formula is C12H23N3O. The maximum absolute atomic E-state index is 11.7. The van der Waals surface area contributed by atoms with Crippen LogP contribution in [0.25, 0.3) is 0 Å². The van der Waals surface area contributed by atoms with Crippen LogP contribution in [0.2, 0.25) is 0 Å². The largest absolute Gasteiger partial charge is 0.352 e. The van der Waals surface area contributed by atoms with Crippen molar-refractivity contribution in [3.63, 3.8) is 0 Å². The van der Waals surface area contributed by atoms with Crippen molar-refractivity contribution >= 4 is 5.91 Å². The van der Waals surface area contributed by atoms with Gasteiger partial charge in [-0.15, -0.1) is 0 Å². The van der Waals surface area contributed by atoms with Crippen LogP contribution >= 0.6 is 0 Å². The van der Waals surface area contributed by atoms with E-state index in [-0.39, 0.29) is 18.0 Å². The molecule has 0 fully saturated rings. The predicted octanol–water partition coefficient (Wildman–Crippen LogP) is 1.38. The average molecular weight is 225 g/mol. The Balaban J connectivity index is 4.16. The van der Waals surface area contributed by atoms with E-state index in [9.17, 15) is 4.79 Å². The Hall–Kier alpha value is -1.08. The van der Waals surface area contributed by atoms with Crippen molar-refractivity contribution < 1.29 is 4.79 Å². The molecular weight excluding hydrogens is 202 g/mol. The van der Waals surface area contributed by atoms with Crippen molar-refractivity contribution in [3.05, 3.63) is 0 Å². The summed E-state index contributed by atoms with van der Waals surface area (Å²) >= 11 is 0. The number of carbonyl (C=O) groups is 1. The van der Waals surface area contributed by atoms with Gasteiger partial charge in [-0.05, 0) is 26.7 Å². The van der Waals surface area contributed by atoms with Gasteiger partial charge in [0, 0.05) is 12.1 Å². The molecule has 0 rings (SSSR count). The van der Waals surface area contributed by atoms with E-state index in [0.717, 1.165) is 0 Å². The van der Waals surface area contributed by atoms with Crippen LogP contribution in [0, 0.1) is 17.2 Å². The third-order valence-electron chi connectivity index (χ3n) is 2.74. The fourth-order valence-electron chi connectivity index (χ4n) is 1.16. The lowest BCUT2D eigenvalue weighted by Crippen LogP contribution is -2.45. The van der Waals surface area contributed by atoms with E-state index in [1.165, 1.54) is 0 Å². The third-order valence-corrected chi connectivity index (χ3v) is 2.74. The number of nitriles is 1. The van der Waals surface area contributed by atoms with Crippen molar-refractivity contribution in [1.29, 1.82) is 5.26 Å². The second-order valence-electron chi connectivity index (χ2n) is 4.76. The van der Waals surface area contributed by atoms with E-state index in [1.807, 2.05) is 25.7 Å². The number of rotatable bonds is 6. The molecule has 0 aliphatic heterocycles. The molecule has 0 radical (unpaired) electrons. The van der Waals surface area contributed by atoms with Gasteiger partial charge in [0.1, 0.15) is 0 Å². The third kappa shape index (κ3) is 5.72. The van der Waals surface area contributed by atoms with E-state index in [2.05, 4.69) is 25.2 Å². The van der Waals surface area contributed by atoms with Gasteiger partial charge in [-0.1, -0.05) is 13.8 Å². The number of nitrogens with zero attached hydrogens (tertiary/aromatic N) is 2. The van der Waals surface area contributed by atoms with Crippen molar-refractivity contribution in [2.24, 2.45) is 5.92 Å². The Kier molecular flexibility index (Phi) is 6.75. The van der Waals surface area contributed by atoms with Gasteiger partial charge in [-0.3, -0.25) is 9.69 Å². The topological polar surface area (TPSA) is 56.1 Å². The van der Waals surface area contributed by atoms with E-state index in [1.54, 1.807) is 0 Å². The number of hydrogen-bond donors (Lipinski definition) is 1. The summed E-state index contributed by atoms with van der Waals surface area (Å²) in [5.74, 6) is 0.414. The molecule has 0 saturated carbocycles. The summed E-state index contributed by atoms with van der Waals surface area (Å²) in [6.07, 6.45) is 0. The SMILES string of the molecule is CC(C)C(C)NC(=O)CN(CC#N)C(C)C. The molecule has 0 aromatic heterocycles. The molecule has 4 nitrogen and oxygen atoms in total.